The maximum absolute atomic E-state index is 12.6. The quantitative estimate of drug-likeness (QED) is 0.528. The molecule has 2 N–H and O–H groups in total. The van der Waals surface area contributed by atoms with Gasteiger partial charge in [0.15, 0.2) is 6.61 Å². The number of anilines is 1. The fourth-order valence-corrected chi connectivity index (χ4v) is 3.40. The zero-order chi connectivity index (χ0) is 19.7. The molecule has 0 bridgehead atoms. The molecular weight excluding hydrogens is 358 g/mol. The lowest BCUT2D eigenvalue weighted by Gasteiger charge is -2.14. The third kappa shape index (κ3) is 3.22. The molecule has 7 nitrogen and oxygen atoms in total. The van der Waals surface area contributed by atoms with E-state index in [-0.39, 0.29) is 18.4 Å². The van der Waals surface area contributed by atoms with Crippen molar-refractivity contribution in [2.24, 2.45) is 0 Å². The predicted octanol–water partition coefficient (Wildman–Crippen LogP) is 3.05. The molecule has 1 fully saturated rings. The van der Waals surface area contributed by atoms with Gasteiger partial charge in [-0.3, -0.25) is 9.69 Å². The standard InChI is InChI=1S/C21H19N3O4/c1-13-4-2-7-17-19(13)16(11-23-17)18(25)12-28-20(26)14-5-3-6-15(10-14)24-9-8-22-21(24)27/h2-7,10-11,23H,8-9,12H2,1H3,(H,22,27). The summed E-state index contributed by atoms with van der Waals surface area (Å²) >= 11 is 0. The summed E-state index contributed by atoms with van der Waals surface area (Å²) in [5.41, 5.74) is 3.25. The average molecular weight is 377 g/mol. The van der Waals surface area contributed by atoms with Gasteiger partial charge in [-0.25, -0.2) is 9.59 Å². The van der Waals surface area contributed by atoms with Crippen LogP contribution in [0.3, 0.4) is 0 Å². The molecule has 28 heavy (non-hydrogen) atoms. The number of carbonyl (C=O) groups excluding carboxylic acids is 3. The van der Waals surface area contributed by atoms with Crippen LogP contribution in [0, 0.1) is 6.92 Å². The number of aromatic nitrogens is 1. The fraction of sp³-hybridized carbons (Fsp3) is 0.190. The lowest BCUT2D eigenvalue weighted by Crippen LogP contribution is -2.27. The highest BCUT2D eigenvalue weighted by Crippen LogP contribution is 2.23. The van der Waals surface area contributed by atoms with Crippen LogP contribution >= 0.6 is 0 Å². The number of carbonyl (C=O) groups is 3. The Labute approximate surface area is 161 Å². The number of hydrogen-bond acceptors (Lipinski definition) is 4. The Bertz CT molecular complexity index is 1090. The Morgan fingerprint density at radius 3 is 2.79 bits per heavy atom. The first-order valence-corrected chi connectivity index (χ1v) is 8.97. The molecule has 0 saturated carbocycles. The summed E-state index contributed by atoms with van der Waals surface area (Å²) in [5.74, 6) is -0.879. The summed E-state index contributed by atoms with van der Waals surface area (Å²) in [6.07, 6.45) is 1.64. The van der Waals surface area contributed by atoms with Crippen LogP contribution in [0.2, 0.25) is 0 Å². The molecule has 1 aliphatic heterocycles. The second-order valence-electron chi connectivity index (χ2n) is 6.63. The number of ether oxygens (including phenoxy) is 1. The predicted molar refractivity (Wildman–Crippen MR) is 105 cm³/mol. The van der Waals surface area contributed by atoms with Crippen molar-refractivity contribution in [1.29, 1.82) is 0 Å². The number of hydrogen-bond donors (Lipinski definition) is 2. The van der Waals surface area contributed by atoms with Crippen LogP contribution in [0.5, 0.6) is 0 Å². The number of amides is 2. The fourth-order valence-electron chi connectivity index (χ4n) is 3.40. The second kappa shape index (κ2) is 7.19. The SMILES string of the molecule is Cc1cccc2[nH]cc(C(=O)COC(=O)c3cccc(N4CCNC4=O)c3)c12. The Balaban J connectivity index is 1.47. The zero-order valence-corrected chi connectivity index (χ0v) is 15.3. The topological polar surface area (TPSA) is 91.5 Å². The molecule has 142 valence electrons. The molecule has 1 aromatic heterocycles. The van der Waals surface area contributed by atoms with Crippen LogP contribution in [0.25, 0.3) is 10.9 Å². The van der Waals surface area contributed by atoms with E-state index in [0.717, 1.165) is 16.5 Å². The van der Waals surface area contributed by atoms with Crippen molar-refractivity contribution in [1.82, 2.24) is 10.3 Å². The minimum absolute atomic E-state index is 0.199. The molecule has 2 amide bonds. The van der Waals surface area contributed by atoms with Crippen molar-refractivity contribution in [2.75, 3.05) is 24.6 Å². The number of benzene rings is 2. The molecular formula is C21H19N3O4. The number of Topliss-reactive ketones (excluding diaryl/α,β-unsaturated/α-hetero) is 1. The van der Waals surface area contributed by atoms with Crippen molar-refractivity contribution in [3.8, 4) is 0 Å². The molecule has 0 aliphatic carbocycles. The highest BCUT2D eigenvalue weighted by Gasteiger charge is 2.22. The highest BCUT2D eigenvalue weighted by atomic mass is 16.5. The van der Waals surface area contributed by atoms with Gasteiger partial charge in [-0.2, -0.15) is 0 Å². The van der Waals surface area contributed by atoms with Crippen LogP contribution < -0.4 is 10.2 Å². The Morgan fingerprint density at radius 1 is 1.18 bits per heavy atom. The number of esters is 1. The smallest absolute Gasteiger partial charge is 0.338 e. The van der Waals surface area contributed by atoms with Crippen LogP contribution in [-0.2, 0) is 4.74 Å². The number of aromatic amines is 1. The largest absolute Gasteiger partial charge is 0.454 e. The highest BCUT2D eigenvalue weighted by molar-refractivity contribution is 6.10. The van der Waals surface area contributed by atoms with Crippen molar-refractivity contribution < 1.29 is 19.1 Å². The van der Waals surface area contributed by atoms with E-state index in [1.54, 1.807) is 35.4 Å². The van der Waals surface area contributed by atoms with Crippen molar-refractivity contribution >= 4 is 34.4 Å². The van der Waals surface area contributed by atoms with E-state index in [1.807, 2.05) is 25.1 Å². The van der Waals surface area contributed by atoms with E-state index >= 15 is 0 Å². The first-order chi connectivity index (χ1) is 13.5. The van der Waals surface area contributed by atoms with Crippen LogP contribution in [0.1, 0.15) is 26.3 Å². The number of aryl methyl sites for hydroxylation is 1. The number of rotatable bonds is 5. The minimum atomic E-state index is -0.605. The number of ketones is 1. The monoisotopic (exact) mass is 377 g/mol. The summed E-state index contributed by atoms with van der Waals surface area (Å²) in [6.45, 7) is 2.68. The Morgan fingerprint density at radius 2 is 2.00 bits per heavy atom. The Kier molecular flexibility index (Phi) is 4.57. The summed E-state index contributed by atoms with van der Waals surface area (Å²) in [4.78, 5) is 41.4. The molecule has 1 aliphatic rings. The molecule has 1 saturated heterocycles. The second-order valence-corrected chi connectivity index (χ2v) is 6.63. The van der Waals surface area contributed by atoms with Gasteiger partial charge in [-0.1, -0.05) is 18.2 Å². The molecule has 0 unspecified atom stereocenters. The Hall–Kier alpha value is -3.61. The minimum Gasteiger partial charge on any atom is -0.454 e. The molecule has 0 spiro atoms. The van der Waals surface area contributed by atoms with E-state index in [2.05, 4.69) is 10.3 Å². The molecule has 0 radical (unpaired) electrons. The first-order valence-electron chi connectivity index (χ1n) is 8.97. The van der Waals surface area contributed by atoms with Gasteiger partial charge in [-0.15, -0.1) is 0 Å². The summed E-state index contributed by atoms with van der Waals surface area (Å²) < 4.78 is 5.23. The third-order valence-corrected chi connectivity index (χ3v) is 4.80. The van der Waals surface area contributed by atoms with Crippen molar-refractivity contribution in [3.05, 3.63) is 65.4 Å². The van der Waals surface area contributed by atoms with Crippen molar-refractivity contribution in [2.45, 2.75) is 6.92 Å². The summed E-state index contributed by atoms with van der Waals surface area (Å²) in [6, 6.07) is 12.2. The van der Waals surface area contributed by atoms with Gasteiger partial charge >= 0.3 is 12.0 Å². The van der Waals surface area contributed by atoms with E-state index in [0.29, 0.717) is 29.9 Å². The van der Waals surface area contributed by atoms with Crippen LogP contribution in [0.15, 0.2) is 48.7 Å². The van der Waals surface area contributed by atoms with E-state index < -0.39 is 5.97 Å². The maximum atomic E-state index is 12.6. The van der Waals surface area contributed by atoms with Crippen molar-refractivity contribution in [3.63, 3.8) is 0 Å². The zero-order valence-electron chi connectivity index (χ0n) is 15.3. The number of H-pyrrole nitrogens is 1. The van der Waals surface area contributed by atoms with E-state index in [1.165, 1.54) is 0 Å². The maximum Gasteiger partial charge on any atom is 0.338 e. The molecule has 2 aromatic carbocycles. The van der Waals surface area contributed by atoms with Crippen LogP contribution in [-0.4, -0.2) is 42.5 Å². The average Bonchev–Trinajstić information content (AvgIpc) is 3.33. The normalized spacial score (nSPS) is 13.6. The molecule has 4 rings (SSSR count). The number of fused-ring (bicyclic) bond motifs is 1. The van der Waals surface area contributed by atoms with Gasteiger partial charge in [0.25, 0.3) is 0 Å². The number of nitrogens with one attached hydrogen (secondary N) is 2. The summed E-state index contributed by atoms with van der Waals surface area (Å²) in [7, 11) is 0. The van der Waals surface area contributed by atoms with E-state index in [9.17, 15) is 14.4 Å². The van der Waals surface area contributed by atoms with E-state index in [4.69, 9.17) is 4.74 Å². The first kappa shape index (κ1) is 17.8. The van der Waals surface area contributed by atoms with Gasteiger partial charge in [0.2, 0.25) is 5.78 Å². The van der Waals surface area contributed by atoms with Gasteiger partial charge in [-0.05, 0) is 36.8 Å². The number of nitrogens with zero attached hydrogens (tertiary/aromatic N) is 1. The lowest BCUT2D eigenvalue weighted by atomic mass is 10.1. The van der Waals surface area contributed by atoms with Crippen LogP contribution in [0.4, 0.5) is 10.5 Å². The lowest BCUT2D eigenvalue weighted by molar-refractivity contribution is 0.0475. The van der Waals surface area contributed by atoms with Gasteiger partial charge in [0.1, 0.15) is 0 Å². The number of urea groups is 1. The molecule has 3 aromatic rings. The molecule has 7 heteroatoms. The third-order valence-electron chi connectivity index (χ3n) is 4.80. The molecule has 0 atom stereocenters. The van der Waals surface area contributed by atoms with Gasteiger partial charge in [0.05, 0.1) is 5.56 Å². The van der Waals surface area contributed by atoms with Gasteiger partial charge in [0, 0.05) is 41.4 Å². The molecule has 2 heterocycles. The summed E-state index contributed by atoms with van der Waals surface area (Å²) in [5, 5.41) is 3.55. The van der Waals surface area contributed by atoms with Gasteiger partial charge < -0.3 is 15.0 Å².